The number of hydrogen-bond acceptors (Lipinski definition) is 5. The maximum atomic E-state index is 13.2. The van der Waals surface area contributed by atoms with E-state index in [0.717, 1.165) is 32.1 Å². The molecule has 0 aliphatic heterocycles. The second-order valence-electron chi connectivity index (χ2n) is 12.5. The molecule has 5 heteroatoms. The summed E-state index contributed by atoms with van der Waals surface area (Å²) in [5.74, 6) is 0.599. The minimum Gasteiger partial charge on any atom is -0.461 e. The lowest BCUT2D eigenvalue weighted by Crippen LogP contribution is -2.52. The van der Waals surface area contributed by atoms with Gasteiger partial charge < -0.3 is 14.8 Å². The van der Waals surface area contributed by atoms with Gasteiger partial charge in [-0.1, -0.05) is 40.0 Å². The molecule has 0 spiro atoms. The summed E-state index contributed by atoms with van der Waals surface area (Å²) >= 11 is 0. The summed E-state index contributed by atoms with van der Waals surface area (Å²) in [7, 11) is 1.82. The molecule has 3 fully saturated rings. The summed E-state index contributed by atoms with van der Waals surface area (Å²) < 4.78 is 12.2. The van der Waals surface area contributed by atoms with Gasteiger partial charge in [-0.05, 0) is 83.6 Å². The summed E-state index contributed by atoms with van der Waals surface area (Å²) in [6.45, 7) is 12.5. The molecule has 31 heavy (non-hydrogen) atoms. The Bertz CT molecular complexity index is 661. The van der Waals surface area contributed by atoms with Gasteiger partial charge >= 0.3 is 11.9 Å². The zero-order valence-electron chi connectivity index (χ0n) is 20.9. The Morgan fingerprint density at radius 2 is 1.58 bits per heavy atom. The van der Waals surface area contributed by atoms with E-state index in [0.29, 0.717) is 18.3 Å². The second kappa shape index (κ2) is 9.03. The van der Waals surface area contributed by atoms with Crippen LogP contribution in [-0.2, 0) is 19.1 Å². The molecule has 0 aromatic carbocycles. The maximum Gasteiger partial charge on any atom is 0.326 e. The summed E-state index contributed by atoms with van der Waals surface area (Å²) in [4.78, 5) is 26.3. The lowest BCUT2D eigenvalue weighted by Gasteiger charge is -2.39. The highest BCUT2D eigenvalue weighted by Gasteiger charge is 2.53. The van der Waals surface area contributed by atoms with Gasteiger partial charge in [-0.2, -0.15) is 0 Å². The molecule has 0 amide bonds. The molecule has 0 radical (unpaired) electrons. The van der Waals surface area contributed by atoms with Crippen molar-refractivity contribution in [3.63, 3.8) is 0 Å². The fourth-order valence-electron chi connectivity index (χ4n) is 6.50. The van der Waals surface area contributed by atoms with Crippen molar-refractivity contribution in [1.82, 2.24) is 5.32 Å². The molecule has 3 aliphatic rings. The Morgan fingerprint density at radius 1 is 0.935 bits per heavy atom. The van der Waals surface area contributed by atoms with Gasteiger partial charge in [0.25, 0.3) is 0 Å². The molecule has 0 heterocycles. The monoisotopic (exact) mass is 435 g/mol. The Morgan fingerprint density at radius 3 is 2.13 bits per heavy atom. The minimum absolute atomic E-state index is 0.00248. The van der Waals surface area contributed by atoms with Crippen LogP contribution in [-0.4, -0.2) is 36.2 Å². The Kier molecular flexibility index (Phi) is 7.15. The Labute approximate surface area is 189 Å². The third kappa shape index (κ3) is 5.64. The molecular weight excluding hydrogens is 390 g/mol. The molecule has 5 nitrogen and oxygen atoms in total. The standard InChI is InChI=1S/C26H45NO4/c1-24(2,3)16-26(6,27-7)23(29)30-21-15-17-13-19(21)20(14-17)22(28)31-25(4,5)18-11-9-8-10-12-18/h17-21,27H,8-16H2,1-7H3. The number of likely N-dealkylation sites (N-methyl/N-ethyl adjacent to an activating group) is 1. The van der Waals surface area contributed by atoms with Crippen molar-refractivity contribution in [3.05, 3.63) is 0 Å². The van der Waals surface area contributed by atoms with E-state index in [9.17, 15) is 9.59 Å². The molecule has 5 unspecified atom stereocenters. The number of esters is 2. The predicted octanol–water partition coefficient (Wildman–Crippen LogP) is 5.26. The quantitative estimate of drug-likeness (QED) is 0.553. The lowest BCUT2D eigenvalue weighted by molar-refractivity contribution is -0.176. The molecule has 5 atom stereocenters. The van der Waals surface area contributed by atoms with E-state index in [1.807, 2.05) is 14.0 Å². The van der Waals surface area contributed by atoms with Crippen LogP contribution in [0.2, 0.25) is 0 Å². The minimum atomic E-state index is -0.723. The molecule has 3 saturated carbocycles. The topological polar surface area (TPSA) is 64.6 Å². The number of rotatable bonds is 7. The third-order valence-electron chi connectivity index (χ3n) is 8.15. The van der Waals surface area contributed by atoms with Crippen LogP contribution >= 0.6 is 0 Å². The van der Waals surface area contributed by atoms with Gasteiger partial charge in [-0.25, -0.2) is 0 Å². The van der Waals surface area contributed by atoms with E-state index < -0.39 is 11.1 Å². The van der Waals surface area contributed by atoms with Crippen LogP contribution in [0, 0.1) is 29.1 Å². The molecule has 3 aliphatic carbocycles. The van der Waals surface area contributed by atoms with Crippen LogP contribution in [0.25, 0.3) is 0 Å². The molecule has 0 aromatic heterocycles. The van der Waals surface area contributed by atoms with Gasteiger partial charge in [-0.15, -0.1) is 0 Å². The van der Waals surface area contributed by atoms with Gasteiger partial charge in [0.15, 0.2) is 0 Å². The van der Waals surface area contributed by atoms with Crippen LogP contribution in [0.1, 0.15) is 99.3 Å². The van der Waals surface area contributed by atoms with Crippen LogP contribution < -0.4 is 5.32 Å². The highest BCUT2D eigenvalue weighted by Crippen LogP contribution is 2.51. The van der Waals surface area contributed by atoms with E-state index in [4.69, 9.17) is 9.47 Å². The van der Waals surface area contributed by atoms with E-state index >= 15 is 0 Å². The van der Waals surface area contributed by atoms with Crippen molar-refractivity contribution in [2.24, 2.45) is 29.1 Å². The van der Waals surface area contributed by atoms with Gasteiger partial charge in [0.2, 0.25) is 0 Å². The summed E-state index contributed by atoms with van der Waals surface area (Å²) in [5.41, 5.74) is -1.13. The Balaban J connectivity index is 1.62. The zero-order valence-corrected chi connectivity index (χ0v) is 20.9. The van der Waals surface area contributed by atoms with Gasteiger partial charge in [0.1, 0.15) is 17.2 Å². The van der Waals surface area contributed by atoms with Crippen molar-refractivity contribution >= 4 is 11.9 Å². The zero-order chi connectivity index (χ0) is 23.0. The number of carbonyl (C=O) groups is 2. The van der Waals surface area contributed by atoms with E-state index in [-0.39, 0.29) is 35.3 Å². The SMILES string of the molecule is CNC(C)(CC(C)(C)C)C(=O)OC1CC2CC(C(=O)OC(C)(C)C3CCCCC3)C1C2. The number of nitrogens with one attached hydrogen (secondary N) is 1. The first-order valence-electron chi connectivity index (χ1n) is 12.5. The number of fused-ring (bicyclic) bond motifs is 2. The number of ether oxygens (including phenoxy) is 2. The van der Waals surface area contributed by atoms with Crippen LogP contribution in [0.15, 0.2) is 0 Å². The van der Waals surface area contributed by atoms with Gasteiger partial charge in [0.05, 0.1) is 5.92 Å². The highest BCUT2D eigenvalue weighted by molar-refractivity contribution is 5.81. The second-order valence-corrected chi connectivity index (χ2v) is 12.5. The summed E-state index contributed by atoms with van der Waals surface area (Å²) in [5, 5.41) is 3.19. The first kappa shape index (κ1) is 24.5. The molecule has 3 rings (SSSR count). The first-order chi connectivity index (χ1) is 14.3. The van der Waals surface area contributed by atoms with Crippen LogP contribution in [0.3, 0.4) is 0 Å². The van der Waals surface area contributed by atoms with Crippen LogP contribution in [0.5, 0.6) is 0 Å². The molecule has 0 saturated heterocycles. The largest absolute Gasteiger partial charge is 0.461 e. The van der Waals surface area contributed by atoms with Crippen LogP contribution in [0.4, 0.5) is 0 Å². The Hall–Kier alpha value is -1.10. The maximum absolute atomic E-state index is 13.2. The van der Waals surface area contributed by atoms with Gasteiger partial charge in [0, 0.05) is 5.92 Å². The fraction of sp³-hybridized carbons (Fsp3) is 0.923. The fourth-order valence-corrected chi connectivity index (χ4v) is 6.50. The first-order valence-corrected chi connectivity index (χ1v) is 12.5. The van der Waals surface area contributed by atoms with E-state index in [2.05, 4.69) is 39.9 Å². The molecule has 0 aromatic rings. The summed E-state index contributed by atoms with van der Waals surface area (Å²) in [6, 6.07) is 0. The number of hydrogen-bond donors (Lipinski definition) is 1. The molecule has 1 N–H and O–H groups in total. The van der Waals surface area contributed by atoms with E-state index in [1.165, 1.54) is 19.3 Å². The van der Waals surface area contributed by atoms with Gasteiger partial charge in [-0.3, -0.25) is 9.59 Å². The summed E-state index contributed by atoms with van der Waals surface area (Å²) in [6.07, 6.45) is 9.29. The highest BCUT2D eigenvalue weighted by atomic mass is 16.6. The average Bonchev–Trinajstić information content (AvgIpc) is 3.27. The molecular formula is C26H45NO4. The van der Waals surface area contributed by atoms with Crippen molar-refractivity contribution in [2.45, 2.75) is 117 Å². The van der Waals surface area contributed by atoms with E-state index in [1.54, 1.807) is 0 Å². The normalized spacial score (nSPS) is 31.3. The van der Waals surface area contributed by atoms with Crippen molar-refractivity contribution in [1.29, 1.82) is 0 Å². The van der Waals surface area contributed by atoms with Crippen molar-refractivity contribution < 1.29 is 19.1 Å². The van der Waals surface area contributed by atoms with Crippen molar-refractivity contribution in [3.8, 4) is 0 Å². The lowest BCUT2D eigenvalue weighted by atomic mass is 9.78. The predicted molar refractivity (Wildman–Crippen MR) is 122 cm³/mol. The number of carbonyl (C=O) groups excluding carboxylic acids is 2. The molecule has 2 bridgehead atoms. The van der Waals surface area contributed by atoms with Crippen molar-refractivity contribution in [2.75, 3.05) is 7.05 Å². The molecule has 178 valence electrons. The average molecular weight is 436 g/mol. The third-order valence-corrected chi connectivity index (χ3v) is 8.15. The smallest absolute Gasteiger partial charge is 0.326 e.